The maximum atomic E-state index is 10.9. The molecule has 0 aliphatic heterocycles. The Morgan fingerprint density at radius 2 is 1.64 bits per heavy atom. The van der Waals surface area contributed by atoms with Crippen molar-refractivity contribution in [2.24, 2.45) is 21.9 Å². The lowest BCUT2D eigenvalue weighted by Gasteiger charge is -2.04. The number of carbonyl (C=O) groups excluding carboxylic acids is 1. The van der Waals surface area contributed by atoms with E-state index >= 15 is 0 Å². The van der Waals surface area contributed by atoms with Crippen LogP contribution in [-0.2, 0) is 4.79 Å². The molecule has 1 amide bonds. The van der Waals surface area contributed by atoms with Crippen molar-refractivity contribution in [1.29, 1.82) is 0 Å². The largest absolute Gasteiger partial charge is 0.369 e. The van der Waals surface area contributed by atoms with E-state index in [1.54, 1.807) is 0 Å². The molecule has 0 heterocycles. The van der Waals surface area contributed by atoms with Crippen molar-refractivity contribution >= 4 is 5.91 Å². The van der Waals surface area contributed by atoms with E-state index in [0.717, 1.165) is 0 Å². The average Bonchev–Trinajstić information content (AvgIpc) is 2.50. The summed E-state index contributed by atoms with van der Waals surface area (Å²) in [4.78, 5) is 16.1. The minimum atomic E-state index is -0.451. The molecule has 0 aromatic heterocycles. The average molecular weight is 195 g/mol. The van der Waals surface area contributed by atoms with Gasteiger partial charge < -0.3 is 5.73 Å². The summed E-state index contributed by atoms with van der Waals surface area (Å²) in [6.07, 6.45) is 0.728. The van der Waals surface area contributed by atoms with Gasteiger partial charge in [-0.25, -0.2) is 0 Å². The van der Waals surface area contributed by atoms with Gasteiger partial charge in [-0.05, 0) is 23.9 Å². The van der Waals surface area contributed by atoms with Gasteiger partial charge in [0.2, 0.25) is 5.91 Å². The van der Waals surface area contributed by atoms with E-state index in [0.29, 0.717) is 12.8 Å². The third-order valence-corrected chi connectivity index (χ3v) is 2.30. The van der Waals surface area contributed by atoms with Crippen molar-refractivity contribution in [1.82, 2.24) is 0 Å². The topological polar surface area (TPSA) is 141 Å². The minimum Gasteiger partial charge on any atom is -0.369 e. The van der Waals surface area contributed by atoms with Gasteiger partial charge in [-0.3, -0.25) is 4.79 Å². The summed E-state index contributed by atoms with van der Waals surface area (Å²) in [6, 6.07) is -0.901. The molecule has 0 saturated heterocycles. The number of hydrogen-bond donors (Lipinski definition) is 1. The molecule has 3 atom stereocenters. The number of azide groups is 2. The summed E-state index contributed by atoms with van der Waals surface area (Å²) in [5, 5.41) is 6.93. The Labute approximate surface area is 79.3 Å². The van der Waals surface area contributed by atoms with Crippen LogP contribution in [0.25, 0.3) is 20.9 Å². The van der Waals surface area contributed by atoms with Crippen molar-refractivity contribution in [3.63, 3.8) is 0 Å². The van der Waals surface area contributed by atoms with E-state index in [4.69, 9.17) is 16.8 Å². The van der Waals surface area contributed by atoms with Gasteiger partial charge in [0.05, 0.1) is 0 Å². The smallest absolute Gasteiger partial charge is 0.220 e. The maximum absolute atomic E-state index is 10.9. The van der Waals surface area contributed by atoms with Crippen molar-refractivity contribution < 1.29 is 4.79 Å². The Hall–Kier alpha value is -1.91. The Balaban J connectivity index is 2.79. The molecular weight excluding hydrogens is 186 g/mol. The molecule has 0 aromatic carbocycles. The molecule has 0 spiro atoms. The Kier molecular flexibility index (Phi) is 3.17. The third-order valence-electron chi connectivity index (χ3n) is 2.30. The van der Waals surface area contributed by atoms with Crippen LogP contribution in [0.3, 0.4) is 0 Å². The zero-order valence-electron chi connectivity index (χ0n) is 7.32. The molecular formula is C6H9N7O. The summed E-state index contributed by atoms with van der Waals surface area (Å²) < 4.78 is 0. The Morgan fingerprint density at radius 1 is 1.21 bits per heavy atom. The van der Waals surface area contributed by atoms with Crippen LogP contribution in [0, 0.1) is 5.92 Å². The second-order valence-electron chi connectivity index (χ2n) is 3.12. The van der Waals surface area contributed by atoms with Gasteiger partial charge in [-0.2, -0.15) is 0 Å². The summed E-state index contributed by atoms with van der Waals surface area (Å²) in [5.41, 5.74) is 21.6. The van der Waals surface area contributed by atoms with Crippen LogP contribution in [0.2, 0.25) is 0 Å². The first-order chi connectivity index (χ1) is 6.69. The van der Waals surface area contributed by atoms with Gasteiger partial charge in [0.1, 0.15) is 0 Å². The second kappa shape index (κ2) is 4.36. The molecule has 2 N–H and O–H groups in total. The van der Waals surface area contributed by atoms with Gasteiger partial charge in [-0.1, -0.05) is 10.2 Å². The standard InChI is InChI=1S/C6H9N7O/c7-6(14)3-1-4(10-12-8)5(2-3)11-13-9/h3-5H,1-2H2,(H2,7,14)/t3?,4-,5+. The lowest BCUT2D eigenvalue weighted by molar-refractivity contribution is -0.121. The van der Waals surface area contributed by atoms with Crippen molar-refractivity contribution in [2.45, 2.75) is 24.9 Å². The SMILES string of the molecule is [N-]=[N+]=N[C@H]1CC(C(N)=O)C[C@H]1N=[N+]=[N-]. The predicted octanol–water partition coefficient (Wildman–Crippen LogP) is 1.24. The molecule has 8 nitrogen and oxygen atoms in total. The first-order valence-electron chi connectivity index (χ1n) is 4.06. The highest BCUT2D eigenvalue weighted by atomic mass is 16.1. The first kappa shape index (κ1) is 10.2. The van der Waals surface area contributed by atoms with Gasteiger partial charge >= 0.3 is 0 Å². The Morgan fingerprint density at radius 3 is 1.93 bits per heavy atom. The van der Waals surface area contributed by atoms with Crippen molar-refractivity contribution in [3.8, 4) is 0 Å². The van der Waals surface area contributed by atoms with Gasteiger partial charge in [0.15, 0.2) is 0 Å². The van der Waals surface area contributed by atoms with Crippen LogP contribution >= 0.6 is 0 Å². The number of amides is 1. The molecule has 74 valence electrons. The van der Waals surface area contributed by atoms with Crippen LogP contribution in [0.5, 0.6) is 0 Å². The fraction of sp³-hybridized carbons (Fsp3) is 0.833. The third kappa shape index (κ3) is 2.07. The Bertz CT molecular complexity index is 301. The molecule has 1 rings (SSSR count). The molecule has 1 aliphatic carbocycles. The number of rotatable bonds is 3. The number of hydrogen-bond acceptors (Lipinski definition) is 3. The molecule has 1 aliphatic rings. The lowest BCUT2D eigenvalue weighted by atomic mass is 10.1. The molecule has 0 bridgehead atoms. The fourth-order valence-corrected chi connectivity index (χ4v) is 1.61. The first-order valence-corrected chi connectivity index (χ1v) is 4.06. The van der Waals surface area contributed by atoms with Crippen LogP contribution in [0.4, 0.5) is 0 Å². The van der Waals surface area contributed by atoms with Gasteiger partial charge in [0, 0.05) is 27.8 Å². The summed E-state index contributed by atoms with van der Waals surface area (Å²) in [5.74, 6) is -0.806. The van der Waals surface area contributed by atoms with Gasteiger partial charge in [0.25, 0.3) is 0 Å². The number of primary amides is 1. The monoisotopic (exact) mass is 195 g/mol. The molecule has 1 fully saturated rings. The fourth-order valence-electron chi connectivity index (χ4n) is 1.61. The van der Waals surface area contributed by atoms with Crippen LogP contribution in [0.1, 0.15) is 12.8 Å². The van der Waals surface area contributed by atoms with Crippen LogP contribution < -0.4 is 5.73 Å². The zero-order valence-corrected chi connectivity index (χ0v) is 7.32. The van der Waals surface area contributed by atoms with E-state index in [1.165, 1.54) is 0 Å². The maximum Gasteiger partial charge on any atom is 0.220 e. The summed E-state index contributed by atoms with van der Waals surface area (Å²) in [7, 11) is 0. The van der Waals surface area contributed by atoms with Crippen LogP contribution in [0.15, 0.2) is 10.2 Å². The van der Waals surface area contributed by atoms with Crippen LogP contribution in [-0.4, -0.2) is 18.0 Å². The highest BCUT2D eigenvalue weighted by Crippen LogP contribution is 2.30. The number of carbonyl (C=O) groups is 1. The second-order valence-corrected chi connectivity index (χ2v) is 3.12. The van der Waals surface area contributed by atoms with E-state index < -0.39 is 18.0 Å². The van der Waals surface area contributed by atoms with E-state index in [9.17, 15) is 4.79 Å². The molecule has 14 heavy (non-hydrogen) atoms. The normalized spacial score (nSPS) is 30.1. The molecule has 0 radical (unpaired) electrons. The van der Waals surface area contributed by atoms with E-state index in [-0.39, 0.29) is 5.92 Å². The minimum absolute atomic E-state index is 0.360. The molecule has 1 saturated carbocycles. The highest BCUT2D eigenvalue weighted by Gasteiger charge is 2.35. The number of nitrogens with two attached hydrogens (primary N) is 1. The van der Waals surface area contributed by atoms with E-state index in [2.05, 4.69) is 20.1 Å². The summed E-state index contributed by atoms with van der Waals surface area (Å²) in [6.45, 7) is 0. The van der Waals surface area contributed by atoms with E-state index in [1.807, 2.05) is 0 Å². The molecule has 0 aromatic rings. The number of nitrogens with zero attached hydrogens (tertiary/aromatic N) is 6. The van der Waals surface area contributed by atoms with Crippen molar-refractivity contribution in [2.75, 3.05) is 0 Å². The van der Waals surface area contributed by atoms with Crippen molar-refractivity contribution in [3.05, 3.63) is 20.9 Å². The zero-order chi connectivity index (χ0) is 10.6. The summed E-state index contributed by atoms with van der Waals surface area (Å²) >= 11 is 0. The molecule has 8 heteroatoms. The molecule has 1 unspecified atom stereocenters. The van der Waals surface area contributed by atoms with Gasteiger partial charge in [-0.15, -0.1) is 0 Å². The highest BCUT2D eigenvalue weighted by molar-refractivity contribution is 5.77. The lowest BCUT2D eigenvalue weighted by Crippen LogP contribution is -2.21. The predicted molar refractivity (Wildman–Crippen MR) is 47.8 cm³/mol. The quantitative estimate of drug-likeness (QED) is 0.403.